The third-order valence-electron chi connectivity index (χ3n) is 5.74. The number of aryl methyl sites for hydroxylation is 2. The summed E-state index contributed by atoms with van der Waals surface area (Å²) in [6.07, 6.45) is 2.20. The number of rotatable bonds is 5. The number of hydrogen-bond donors (Lipinski definition) is 0. The normalized spacial score (nSPS) is 19.5. The van der Waals surface area contributed by atoms with Crippen molar-refractivity contribution in [3.8, 4) is 0 Å². The van der Waals surface area contributed by atoms with Crippen LogP contribution in [0.5, 0.6) is 0 Å². The Morgan fingerprint density at radius 3 is 2.41 bits per heavy atom. The largest absolute Gasteiger partial charge is 0.360 e. The number of nitrogens with zero attached hydrogens (tertiary/aromatic N) is 5. The Balaban J connectivity index is 1.32. The van der Waals surface area contributed by atoms with Gasteiger partial charge in [0.2, 0.25) is 21.8 Å². The highest BCUT2D eigenvalue weighted by Crippen LogP contribution is 2.31. The van der Waals surface area contributed by atoms with Crippen molar-refractivity contribution in [2.75, 3.05) is 26.2 Å². The molecule has 10 nitrogen and oxygen atoms in total. The summed E-state index contributed by atoms with van der Waals surface area (Å²) in [5.41, 5.74) is 0.378. The van der Waals surface area contributed by atoms with Gasteiger partial charge in [0.1, 0.15) is 10.6 Å². The summed E-state index contributed by atoms with van der Waals surface area (Å²) in [5.74, 6) is 1.96. The van der Waals surface area contributed by atoms with Crippen molar-refractivity contribution in [2.45, 2.75) is 50.8 Å². The minimum atomic E-state index is -3.59. The van der Waals surface area contributed by atoms with Gasteiger partial charge in [0.05, 0.1) is 0 Å². The number of hydrogen-bond acceptors (Lipinski definition) is 8. The molecule has 11 heteroatoms. The molecule has 29 heavy (non-hydrogen) atoms. The standard InChI is InChI=1S/C18H25N5O5S/c1-11-17(12(2)27-20-11)29(25,26)23-9-14(10-23)8-16-19-18(21-28-16)15-4-6-22(7-5-15)13(3)24/h14-15H,4-10H2,1-3H3. The Morgan fingerprint density at radius 2 is 1.83 bits per heavy atom. The van der Waals surface area contributed by atoms with Crippen molar-refractivity contribution in [1.82, 2.24) is 24.5 Å². The van der Waals surface area contributed by atoms with E-state index in [1.54, 1.807) is 20.8 Å². The zero-order chi connectivity index (χ0) is 20.8. The molecule has 2 aromatic rings. The van der Waals surface area contributed by atoms with Crippen molar-refractivity contribution in [3.05, 3.63) is 23.2 Å². The maximum absolute atomic E-state index is 12.7. The summed E-state index contributed by atoms with van der Waals surface area (Å²) >= 11 is 0. The van der Waals surface area contributed by atoms with Gasteiger partial charge in [-0.15, -0.1) is 0 Å². The molecule has 4 heterocycles. The molecule has 2 saturated heterocycles. The van der Waals surface area contributed by atoms with E-state index in [4.69, 9.17) is 9.05 Å². The van der Waals surface area contributed by atoms with Gasteiger partial charge in [-0.3, -0.25) is 4.79 Å². The van der Waals surface area contributed by atoms with Crippen LogP contribution in [0.25, 0.3) is 0 Å². The van der Waals surface area contributed by atoms with Gasteiger partial charge >= 0.3 is 0 Å². The van der Waals surface area contributed by atoms with E-state index in [1.165, 1.54) is 4.31 Å². The first-order chi connectivity index (χ1) is 13.8. The van der Waals surface area contributed by atoms with Crippen LogP contribution in [0.2, 0.25) is 0 Å². The van der Waals surface area contributed by atoms with Crippen molar-refractivity contribution in [3.63, 3.8) is 0 Å². The first kappa shape index (κ1) is 20.0. The van der Waals surface area contributed by atoms with Crippen LogP contribution in [0.15, 0.2) is 13.9 Å². The van der Waals surface area contributed by atoms with Gasteiger partial charge in [-0.25, -0.2) is 8.42 Å². The lowest BCUT2D eigenvalue weighted by Crippen LogP contribution is -2.50. The summed E-state index contributed by atoms with van der Waals surface area (Å²) in [6, 6.07) is 0. The SMILES string of the molecule is CC(=O)N1CCC(c2noc(CC3CN(S(=O)(=O)c4c(C)noc4C)C3)n2)CC1. The van der Waals surface area contributed by atoms with Crippen molar-refractivity contribution >= 4 is 15.9 Å². The van der Waals surface area contributed by atoms with Crippen molar-refractivity contribution in [2.24, 2.45) is 5.92 Å². The minimum absolute atomic E-state index is 0.0957. The molecule has 1 amide bonds. The summed E-state index contributed by atoms with van der Waals surface area (Å²) in [4.78, 5) is 17.9. The number of amides is 1. The quantitative estimate of drug-likeness (QED) is 0.704. The summed E-state index contributed by atoms with van der Waals surface area (Å²) < 4.78 is 37.3. The molecular weight excluding hydrogens is 398 g/mol. The van der Waals surface area contributed by atoms with Gasteiger partial charge in [-0.1, -0.05) is 10.3 Å². The van der Waals surface area contributed by atoms with Crippen LogP contribution < -0.4 is 0 Å². The number of carbonyl (C=O) groups is 1. The van der Waals surface area contributed by atoms with Crippen LogP contribution in [0.1, 0.15) is 48.9 Å². The highest BCUT2D eigenvalue weighted by atomic mass is 32.2. The second kappa shape index (κ2) is 7.52. The summed E-state index contributed by atoms with van der Waals surface area (Å²) in [6.45, 7) is 7.04. The Morgan fingerprint density at radius 1 is 1.14 bits per heavy atom. The molecule has 0 saturated carbocycles. The smallest absolute Gasteiger partial charge is 0.248 e. The fourth-order valence-electron chi connectivity index (χ4n) is 4.04. The highest BCUT2D eigenvalue weighted by molar-refractivity contribution is 7.89. The minimum Gasteiger partial charge on any atom is -0.360 e. The molecule has 2 aliphatic rings. The summed E-state index contributed by atoms with van der Waals surface area (Å²) in [7, 11) is -3.59. The second-order valence-corrected chi connectivity index (χ2v) is 9.75. The average Bonchev–Trinajstić information content (AvgIpc) is 3.24. The summed E-state index contributed by atoms with van der Waals surface area (Å²) in [5, 5.41) is 7.85. The van der Waals surface area contributed by atoms with Gasteiger partial charge < -0.3 is 13.9 Å². The van der Waals surface area contributed by atoms with Crippen LogP contribution in [-0.4, -0.2) is 65.0 Å². The number of likely N-dealkylation sites (tertiary alicyclic amines) is 1. The number of carbonyl (C=O) groups excluding carboxylic acids is 1. The van der Waals surface area contributed by atoms with Crippen LogP contribution >= 0.6 is 0 Å². The van der Waals surface area contributed by atoms with Crippen LogP contribution in [0.3, 0.4) is 0 Å². The molecule has 0 aliphatic carbocycles. The van der Waals surface area contributed by atoms with E-state index in [9.17, 15) is 13.2 Å². The number of sulfonamides is 1. The lowest BCUT2D eigenvalue weighted by Gasteiger charge is -2.37. The maximum Gasteiger partial charge on any atom is 0.248 e. The van der Waals surface area contributed by atoms with E-state index in [0.717, 1.165) is 12.8 Å². The van der Waals surface area contributed by atoms with Crippen LogP contribution in [0.4, 0.5) is 0 Å². The molecule has 0 aromatic carbocycles. The monoisotopic (exact) mass is 423 g/mol. The van der Waals surface area contributed by atoms with Crippen molar-refractivity contribution < 1.29 is 22.3 Å². The zero-order valence-electron chi connectivity index (χ0n) is 16.8. The fourth-order valence-corrected chi connectivity index (χ4v) is 5.92. The fraction of sp³-hybridized carbons (Fsp3) is 0.667. The third-order valence-corrected chi connectivity index (χ3v) is 7.82. The maximum atomic E-state index is 12.7. The molecule has 0 spiro atoms. The average molecular weight is 423 g/mol. The molecule has 2 aromatic heterocycles. The Hall–Kier alpha value is -2.27. The molecule has 0 unspecified atom stereocenters. The predicted octanol–water partition coefficient (Wildman–Crippen LogP) is 1.26. The number of aromatic nitrogens is 3. The molecule has 0 atom stereocenters. The van der Waals surface area contributed by atoms with Gasteiger partial charge in [-0.2, -0.15) is 9.29 Å². The van der Waals surface area contributed by atoms with Gasteiger partial charge in [0.25, 0.3) is 0 Å². The van der Waals surface area contributed by atoms with E-state index in [2.05, 4.69) is 15.3 Å². The third kappa shape index (κ3) is 3.80. The first-order valence-corrected chi connectivity index (χ1v) is 11.2. The molecule has 2 fully saturated rings. The molecule has 0 radical (unpaired) electrons. The Bertz CT molecular complexity index is 980. The lowest BCUT2D eigenvalue weighted by molar-refractivity contribution is -0.129. The Labute approximate surface area is 169 Å². The van der Waals surface area contributed by atoms with Crippen LogP contribution in [-0.2, 0) is 21.2 Å². The first-order valence-electron chi connectivity index (χ1n) is 9.76. The molecule has 4 rings (SSSR count). The molecular formula is C18H25N5O5S. The number of piperidine rings is 1. The van der Waals surface area contributed by atoms with E-state index < -0.39 is 10.0 Å². The molecule has 0 bridgehead atoms. The predicted molar refractivity (Wildman–Crippen MR) is 100 cm³/mol. The topological polar surface area (TPSA) is 123 Å². The van der Waals surface area contributed by atoms with E-state index in [1.807, 2.05) is 4.90 Å². The van der Waals surface area contributed by atoms with E-state index >= 15 is 0 Å². The van der Waals surface area contributed by atoms with Gasteiger partial charge in [-0.05, 0) is 32.6 Å². The van der Waals surface area contributed by atoms with Gasteiger partial charge in [0.15, 0.2) is 11.6 Å². The van der Waals surface area contributed by atoms with Gasteiger partial charge in [0, 0.05) is 45.4 Å². The van der Waals surface area contributed by atoms with Crippen LogP contribution in [0, 0.1) is 19.8 Å². The Kier molecular flexibility index (Phi) is 5.19. The molecule has 158 valence electrons. The zero-order valence-corrected chi connectivity index (χ0v) is 17.6. The molecule has 0 N–H and O–H groups in total. The molecule has 2 aliphatic heterocycles. The second-order valence-electron chi connectivity index (χ2n) is 7.87. The highest BCUT2D eigenvalue weighted by Gasteiger charge is 2.40. The van der Waals surface area contributed by atoms with E-state index in [-0.39, 0.29) is 22.6 Å². The van der Waals surface area contributed by atoms with E-state index in [0.29, 0.717) is 55.8 Å². The lowest BCUT2D eigenvalue weighted by atomic mass is 9.96. The van der Waals surface area contributed by atoms with Crippen molar-refractivity contribution in [1.29, 1.82) is 0 Å².